The first-order valence-corrected chi connectivity index (χ1v) is 5.99. The fourth-order valence-corrected chi connectivity index (χ4v) is 2.26. The van der Waals surface area contributed by atoms with Crippen LogP contribution in [0.25, 0.3) is 0 Å². The summed E-state index contributed by atoms with van der Waals surface area (Å²) in [7, 11) is 0. The van der Waals surface area contributed by atoms with Crippen molar-refractivity contribution in [2.45, 2.75) is 25.5 Å². The summed E-state index contributed by atoms with van der Waals surface area (Å²) in [5.41, 5.74) is 0. The van der Waals surface area contributed by atoms with E-state index in [9.17, 15) is 5.11 Å². The van der Waals surface area contributed by atoms with Crippen LogP contribution in [0.5, 0.6) is 0 Å². The molecule has 4 nitrogen and oxygen atoms in total. The van der Waals surface area contributed by atoms with Gasteiger partial charge in [0.05, 0.1) is 18.4 Å². The minimum atomic E-state index is -0.357. The Balaban J connectivity index is 2.13. The van der Waals surface area contributed by atoms with Gasteiger partial charge in [-0.1, -0.05) is 6.92 Å². The van der Waals surface area contributed by atoms with Crippen molar-refractivity contribution in [3.8, 4) is 0 Å². The lowest BCUT2D eigenvalue weighted by molar-refractivity contribution is 0.0276. The van der Waals surface area contributed by atoms with E-state index in [-0.39, 0.29) is 12.1 Å². The average molecular weight is 224 g/mol. The molecule has 1 aromatic heterocycles. The lowest BCUT2D eigenvalue weighted by atomic mass is 10.0. The van der Waals surface area contributed by atoms with Gasteiger partial charge in [0.1, 0.15) is 5.76 Å². The first-order chi connectivity index (χ1) is 7.83. The molecule has 1 aromatic rings. The molecular weight excluding hydrogens is 204 g/mol. The monoisotopic (exact) mass is 224 g/mol. The fraction of sp³-hybridized carbons (Fsp3) is 0.667. The lowest BCUT2D eigenvalue weighted by Crippen LogP contribution is -2.47. The molecule has 0 aliphatic carbocycles. The zero-order valence-corrected chi connectivity index (χ0v) is 9.72. The predicted molar refractivity (Wildman–Crippen MR) is 62.2 cm³/mol. The molecule has 4 heteroatoms. The summed E-state index contributed by atoms with van der Waals surface area (Å²) in [6.45, 7) is 5.88. The molecule has 1 aliphatic heterocycles. The lowest BCUT2D eigenvalue weighted by Gasteiger charge is -2.36. The molecule has 0 unspecified atom stereocenters. The highest BCUT2D eigenvalue weighted by Gasteiger charge is 2.29. The van der Waals surface area contributed by atoms with Gasteiger partial charge in [0.25, 0.3) is 0 Å². The summed E-state index contributed by atoms with van der Waals surface area (Å²) in [5.74, 6) is 0.872. The van der Waals surface area contributed by atoms with E-state index in [2.05, 4.69) is 10.2 Å². The van der Waals surface area contributed by atoms with Crippen molar-refractivity contribution in [2.24, 2.45) is 0 Å². The third-order valence-corrected chi connectivity index (χ3v) is 3.16. The molecule has 0 radical (unpaired) electrons. The van der Waals surface area contributed by atoms with Crippen molar-refractivity contribution in [3.05, 3.63) is 24.2 Å². The number of furan rings is 1. The maximum absolute atomic E-state index is 10.1. The molecule has 0 bridgehead atoms. The van der Waals surface area contributed by atoms with Gasteiger partial charge in [-0.25, -0.2) is 0 Å². The van der Waals surface area contributed by atoms with E-state index in [4.69, 9.17) is 4.42 Å². The van der Waals surface area contributed by atoms with Crippen LogP contribution in [0.3, 0.4) is 0 Å². The predicted octanol–water partition coefficient (Wildman–Crippen LogP) is 0.997. The Morgan fingerprint density at radius 2 is 2.25 bits per heavy atom. The molecular formula is C12H20N2O2. The summed E-state index contributed by atoms with van der Waals surface area (Å²) in [4.78, 5) is 2.30. The molecule has 2 atom stereocenters. The molecule has 0 amide bonds. The molecule has 0 aromatic carbocycles. The first-order valence-electron chi connectivity index (χ1n) is 5.99. The van der Waals surface area contributed by atoms with Crippen LogP contribution in [-0.2, 0) is 0 Å². The van der Waals surface area contributed by atoms with E-state index < -0.39 is 0 Å². The van der Waals surface area contributed by atoms with Crippen LogP contribution in [0.15, 0.2) is 22.8 Å². The summed E-state index contributed by atoms with van der Waals surface area (Å²) in [5, 5.41) is 13.4. The molecule has 0 spiro atoms. The Hall–Kier alpha value is -0.840. The van der Waals surface area contributed by atoms with Crippen molar-refractivity contribution in [1.29, 1.82) is 0 Å². The number of rotatable bonds is 4. The van der Waals surface area contributed by atoms with Gasteiger partial charge in [0.2, 0.25) is 0 Å². The van der Waals surface area contributed by atoms with Gasteiger partial charge in [-0.2, -0.15) is 0 Å². The number of hydrogen-bond donors (Lipinski definition) is 2. The Kier molecular flexibility index (Phi) is 3.98. The quantitative estimate of drug-likeness (QED) is 0.801. The Labute approximate surface area is 96.2 Å². The summed E-state index contributed by atoms with van der Waals surface area (Å²) in [6.07, 6.45) is 2.06. The standard InChI is InChI=1S/C12H20N2O2/c1-2-10(15)12(11-4-3-9-16-11)14-7-5-13-6-8-14/h3-4,9-10,12-13,15H,2,5-8H2,1H3/t10-,12-/m0/s1. The van der Waals surface area contributed by atoms with Gasteiger partial charge < -0.3 is 14.8 Å². The number of nitrogens with one attached hydrogen (secondary N) is 1. The second-order valence-corrected chi connectivity index (χ2v) is 4.22. The number of piperazine rings is 1. The van der Waals surface area contributed by atoms with E-state index in [1.54, 1.807) is 6.26 Å². The number of nitrogens with zero attached hydrogens (tertiary/aromatic N) is 1. The van der Waals surface area contributed by atoms with Gasteiger partial charge in [0, 0.05) is 26.2 Å². The molecule has 2 N–H and O–H groups in total. The minimum Gasteiger partial charge on any atom is -0.468 e. The topological polar surface area (TPSA) is 48.6 Å². The third kappa shape index (κ3) is 2.45. The fourth-order valence-electron chi connectivity index (χ4n) is 2.26. The van der Waals surface area contributed by atoms with E-state index in [0.717, 1.165) is 38.4 Å². The zero-order valence-electron chi connectivity index (χ0n) is 9.72. The van der Waals surface area contributed by atoms with E-state index in [1.165, 1.54) is 0 Å². The first kappa shape index (κ1) is 11.6. The summed E-state index contributed by atoms with van der Waals surface area (Å²) >= 11 is 0. The van der Waals surface area contributed by atoms with Crippen molar-refractivity contribution in [1.82, 2.24) is 10.2 Å². The smallest absolute Gasteiger partial charge is 0.123 e. The van der Waals surface area contributed by atoms with Crippen LogP contribution in [0.2, 0.25) is 0 Å². The van der Waals surface area contributed by atoms with Crippen LogP contribution in [0.1, 0.15) is 25.1 Å². The molecule has 2 rings (SSSR count). The SMILES string of the molecule is CC[C@H](O)[C@@H](c1ccco1)N1CCNCC1. The van der Waals surface area contributed by atoms with Crippen LogP contribution >= 0.6 is 0 Å². The molecule has 1 fully saturated rings. The maximum Gasteiger partial charge on any atom is 0.123 e. The van der Waals surface area contributed by atoms with Crippen molar-refractivity contribution in [2.75, 3.05) is 26.2 Å². The molecule has 0 saturated carbocycles. The van der Waals surface area contributed by atoms with Gasteiger partial charge in [-0.15, -0.1) is 0 Å². The third-order valence-electron chi connectivity index (χ3n) is 3.16. The Bertz CT molecular complexity index is 294. The number of aliphatic hydroxyl groups excluding tert-OH is 1. The number of aliphatic hydroxyl groups is 1. The van der Waals surface area contributed by atoms with Crippen molar-refractivity contribution >= 4 is 0 Å². The summed E-state index contributed by atoms with van der Waals surface area (Å²) in [6, 6.07) is 3.83. The average Bonchev–Trinajstić information content (AvgIpc) is 2.84. The molecule has 90 valence electrons. The van der Waals surface area contributed by atoms with Gasteiger partial charge in [0.15, 0.2) is 0 Å². The van der Waals surface area contributed by atoms with Crippen molar-refractivity contribution in [3.63, 3.8) is 0 Å². The number of hydrogen-bond acceptors (Lipinski definition) is 4. The highest BCUT2D eigenvalue weighted by atomic mass is 16.3. The van der Waals surface area contributed by atoms with E-state index >= 15 is 0 Å². The van der Waals surface area contributed by atoms with E-state index in [0.29, 0.717) is 0 Å². The van der Waals surface area contributed by atoms with Gasteiger partial charge in [-0.3, -0.25) is 4.90 Å². The summed E-state index contributed by atoms with van der Waals surface area (Å²) < 4.78 is 5.45. The normalized spacial score (nSPS) is 21.9. The van der Waals surface area contributed by atoms with E-state index in [1.807, 2.05) is 19.1 Å². The maximum atomic E-state index is 10.1. The molecule has 16 heavy (non-hydrogen) atoms. The Morgan fingerprint density at radius 3 is 2.81 bits per heavy atom. The second kappa shape index (κ2) is 5.48. The zero-order chi connectivity index (χ0) is 11.4. The van der Waals surface area contributed by atoms with Crippen LogP contribution in [-0.4, -0.2) is 42.3 Å². The molecule has 1 saturated heterocycles. The molecule has 1 aliphatic rings. The van der Waals surface area contributed by atoms with Crippen LogP contribution in [0, 0.1) is 0 Å². The largest absolute Gasteiger partial charge is 0.468 e. The van der Waals surface area contributed by atoms with Gasteiger partial charge >= 0.3 is 0 Å². The van der Waals surface area contributed by atoms with Crippen LogP contribution in [0.4, 0.5) is 0 Å². The second-order valence-electron chi connectivity index (χ2n) is 4.22. The van der Waals surface area contributed by atoms with Crippen molar-refractivity contribution < 1.29 is 9.52 Å². The van der Waals surface area contributed by atoms with Gasteiger partial charge in [-0.05, 0) is 18.6 Å². The van der Waals surface area contributed by atoms with Crippen LogP contribution < -0.4 is 5.32 Å². The minimum absolute atomic E-state index is 0.00194. The molecule has 2 heterocycles. The Morgan fingerprint density at radius 1 is 1.50 bits per heavy atom. The highest BCUT2D eigenvalue weighted by molar-refractivity contribution is 5.07. The highest BCUT2D eigenvalue weighted by Crippen LogP contribution is 2.26.